The Morgan fingerprint density at radius 3 is 2.65 bits per heavy atom. The molecule has 1 fully saturated rings. The van der Waals surface area contributed by atoms with Gasteiger partial charge in [-0.2, -0.15) is 0 Å². The van der Waals surface area contributed by atoms with E-state index in [4.69, 9.17) is 4.98 Å². The molecule has 0 atom stereocenters. The molecule has 2 heterocycles. The first-order valence-electron chi connectivity index (χ1n) is 8.18. The molecule has 0 bridgehead atoms. The van der Waals surface area contributed by atoms with Crippen molar-refractivity contribution in [3.63, 3.8) is 0 Å². The van der Waals surface area contributed by atoms with Gasteiger partial charge in [-0.25, -0.2) is 4.98 Å². The second-order valence-electron chi connectivity index (χ2n) is 6.27. The summed E-state index contributed by atoms with van der Waals surface area (Å²) in [4.78, 5) is 9.19. The molecule has 0 saturated carbocycles. The lowest BCUT2D eigenvalue weighted by molar-refractivity contribution is 0.140. The first-order chi connectivity index (χ1) is 9.77. The highest BCUT2D eigenvalue weighted by Gasteiger charge is 2.38. The van der Waals surface area contributed by atoms with Crippen LogP contribution in [0.25, 0.3) is 0 Å². The third-order valence-corrected chi connectivity index (χ3v) is 6.34. The molecule has 0 spiro atoms. The van der Waals surface area contributed by atoms with Gasteiger partial charge in [0, 0.05) is 18.0 Å². The molecular formula is C16H27N3S. The van der Waals surface area contributed by atoms with Crippen LogP contribution in [0, 0.1) is 0 Å². The average molecular weight is 293 g/mol. The van der Waals surface area contributed by atoms with E-state index in [0.29, 0.717) is 0 Å². The molecule has 0 aromatic carbocycles. The molecule has 0 amide bonds. The van der Waals surface area contributed by atoms with Crippen LogP contribution < -0.4 is 5.32 Å². The number of aromatic nitrogens is 1. The molecule has 0 radical (unpaired) electrons. The third-order valence-electron chi connectivity index (χ3n) is 4.98. The summed E-state index contributed by atoms with van der Waals surface area (Å²) in [7, 11) is 2.12. The Kier molecular flexibility index (Phi) is 4.43. The third kappa shape index (κ3) is 2.66. The van der Waals surface area contributed by atoms with Crippen molar-refractivity contribution in [3.8, 4) is 0 Å². The maximum absolute atomic E-state index is 5.03. The van der Waals surface area contributed by atoms with E-state index in [9.17, 15) is 0 Å². The monoisotopic (exact) mass is 293 g/mol. The number of rotatable bonds is 4. The largest absolute Gasteiger partial charge is 0.308 e. The Morgan fingerprint density at radius 2 is 2.00 bits per heavy atom. The SMILES string of the molecule is CCCN1CCC(NC)(c2nc3c(s2)CCCC3)CC1. The van der Waals surface area contributed by atoms with Crippen LogP contribution in [-0.2, 0) is 18.4 Å². The van der Waals surface area contributed by atoms with Crippen LogP contribution in [0.1, 0.15) is 54.6 Å². The predicted octanol–water partition coefficient (Wildman–Crippen LogP) is 2.94. The number of nitrogens with one attached hydrogen (secondary N) is 1. The van der Waals surface area contributed by atoms with Gasteiger partial charge in [-0.15, -0.1) is 11.3 Å². The average Bonchev–Trinajstić information content (AvgIpc) is 2.93. The lowest BCUT2D eigenvalue weighted by Gasteiger charge is -2.40. The van der Waals surface area contributed by atoms with Gasteiger partial charge in [-0.05, 0) is 58.5 Å². The molecular weight excluding hydrogens is 266 g/mol. The first kappa shape index (κ1) is 14.5. The maximum Gasteiger partial charge on any atom is 0.113 e. The van der Waals surface area contributed by atoms with E-state index in [-0.39, 0.29) is 5.54 Å². The van der Waals surface area contributed by atoms with Gasteiger partial charge in [0.2, 0.25) is 0 Å². The zero-order valence-electron chi connectivity index (χ0n) is 12.9. The van der Waals surface area contributed by atoms with Crippen molar-refractivity contribution < 1.29 is 0 Å². The molecule has 1 aliphatic carbocycles. The van der Waals surface area contributed by atoms with Gasteiger partial charge in [0.1, 0.15) is 5.01 Å². The van der Waals surface area contributed by atoms with E-state index in [0.717, 1.165) is 0 Å². The highest BCUT2D eigenvalue weighted by Crippen LogP contribution is 2.38. The zero-order valence-corrected chi connectivity index (χ0v) is 13.7. The molecule has 1 aliphatic heterocycles. The standard InChI is InChI=1S/C16H27N3S/c1-3-10-19-11-8-16(17-2,9-12-19)15-18-13-6-4-5-7-14(13)20-15/h17H,3-12H2,1-2H3. The minimum Gasteiger partial charge on any atom is -0.308 e. The number of thiazole rings is 1. The Labute approximate surface area is 126 Å². The van der Waals surface area contributed by atoms with Crippen LogP contribution in [0.4, 0.5) is 0 Å². The highest BCUT2D eigenvalue weighted by atomic mass is 32.1. The number of likely N-dealkylation sites (tertiary alicyclic amines) is 1. The second kappa shape index (κ2) is 6.12. The Hall–Kier alpha value is -0.450. The van der Waals surface area contributed by atoms with E-state index in [1.54, 1.807) is 4.88 Å². The van der Waals surface area contributed by atoms with Gasteiger partial charge in [-0.3, -0.25) is 0 Å². The summed E-state index contributed by atoms with van der Waals surface area (Å²) in [5.41, 5.74) is 1.55. The lowest BCUT2D eigenvalue weighted by atomic mass is 9.88. The van der Waals surface area contributed by atoms with Crippen molar-refractivity contribution in [1.29, 1.82) is 0 Å². The topological polar surface area (TPSA) is 28.2 Å². The van der Waals surface area contributed by atoms with Crippen molar-refractivity contribution in [2.75, 3.05) is 26.7 Å². The Bertz CT molecular complexity index is 423. The second-order valence-corrected chi connectivity index (χ2v) is 7.35. The van der Waals surface area contributed by atoms with Crippen LogP contribution in [-0.4, -0.2) is 36.6 Å². The summed E-state index contributed by atoms with van der Waals surface area (Å²) in [6.45, 7) is 5.93. The van der Waals surface area contributed by atoms with Crippen LogP contribution in [0.3, 0.4) is 0 Å². The number of hydrogen-bond donors (Lipinski definition) is 1. The molecule has 1 aromatic rings. The fraction of sp³-hybridized carbons (Fsp3) is 0.812. The van der Waals surface area contributed by atoms with Gasteiger partial charge >= 0.3 is 0 Å². The zero-order chi connectivity index (χ0) is 14.0. The van der Waals surface area contributed by atoms with Crippen molar-refractivity contribution in [2.24, 2.45) is 0 Å². The van der Waals surface area contributed by atoms with Gasteiger partial charge in [0.05, 0.1) is 11.2 Å². The molecule has 112 valence electrons. The van der Waals surface area contributed by atoms with Crippen molar-refractivity contribution in [1.82, 2.24) is 15.2 Å². The smallest absolute Gasteiger partial charge is 0.113 e. The summed E-state index contributed by atoms with van der Waals surface area (Å²) in [6.07, 6.45) is 8.81. The summed E-state index contributed by atoms with van der Waals surface area (Å²) >= 11 is 1.99. The fourth-order valence-electron chi connectivity index (χ4n) is 3.60. The highest BCUT2D eigenvalue weighted by molar-refractivity contribution is 7.11. The molecule has 0 unspecified atom stereocenters. The summed E-state index contributed by atoms with van der Waals surface area (Å²) < 4.78 is 0. The van der Waals surface area contributed by atoms with Crippen LogP contribution in [0.15, 0.2) is 0 Å². The fourth-order valence-corrected chi connectivity index (χ4v) is 5.00. The van der Waals surface area contributed by atoms with Crippen LogP contribution in [0.5, 0.6) is 0 Å². The Balaban J connectivity index is 1.77. The molecule has 3 nitrogen and oxygen atoms in total. The maximum atomic E-state index is 5.03. The number of hydrogen-bond acceptors (Lipinski definition) is 4. The van der Waals surface area contributed by atoms with Crippen LogP contribution >= 0.6 is 11.3 Å². The van der Waals surface area contributed by atoms with Crippen molar-refractivity contribution in [3.05, 3.63) is 15.6 Å². The van der Waals surface area contributed by atoms with E-state index in [2.05, 4.69) is 24.2 Å². The van der Waals surface area contributed by atoms with E-state index >= 15 is 0 Å². The minimum absolute atomic E-state index is 0.145. The van der Waals surface area contributed by atoms with Crippen LogP contribution in [0.2, 0.25) is 0 Å². The lowest BCUT2D eigenvalue weighted by Crippen LogP contribution is -2.49. The quantitative estimate of drug-likeness (QED) is 0.925. The van der Waals surface area contributed by atoms with E-state index in [1.807, 2.05) is 11.3 Å². The van der Waals surface area contributed by atoms with Crippen molar-refractivity contribution >= 4 is 11.3 Å². The molecule has 20 heavy (non-hydrogen) atoms. The van der Waals surface area contributed by atoms with Crippen molar-refractivity contribution in [2.45, 2.75) is 57.4 Å². The van der Waals surface area contributed by atoms with Gasteiger partial charge in [-0.1, -0.05) is 6.92 Å². The Morgan fingerprint density at radius 1 is 1.25 bits per heavy atom. The van der Waals surface area contributed by atoms with Gasteiger partial charge < -0.3 is 10.2 Å². The molecule has 1 N–H and O–H groups in total. The molecule has 1 saturated heterocycles. The van der Waals surface area contributed by atoms with E-state index in [1.165, 1.54) is 75.3 Å². The molecule has 3 rings (SSSR count). The summed E-state index contributed by atoms with van der Waals surface area (Å²) in [5.74, 6) is 0. The number of aryl methyl sites for hydroxylation is 2. The number of fused-ring (bicyclic) bond motifs is 1. The number of piperidine rings is 1. The first-order valence-corrected chi connectivity index (χ1v) is 8.99. The minimum atomic E-state index is 0.145. The normalized spacial score (nSPS) is 22.7. The molecule has 2 aliphatic rings. The molecule has 4 heteroatoms. The van der Waals surface area contributed by atoms with Gasteiger partial charge in [0.25, 0.3) is 0 Å². The summed E-state index contributed by atoms with van der Waals surface area (Å²) in [5, 5.41) is 4.99. The molecule has 1 aromatic heterocycles. The number of nitrogens with zero attached hydrogens (tertiary/aromatic N) is 2. The summed E-state index contributed by atoms with van der Waals surface area (Å²) in [6, 6.07) is 0. The predicted molar refractivity (Wildman–Crippen MR) is 85.5 cm³/mol. The van der Waals surface area contributed by atoms with E-state index < -0.39 is 0 Å². The van der Waals surface area contributed by atoms with Gasteiger partial charge in [0.15, 0.2) is 0 Å².